The number of hydrogen-bond acceptors (Lipinski definition) is 6. The summed E-state index contributed by atoms with van der Waals surface area (Å²) >= 11 is 0. The Hall–Kier alpha value is -2.47. The summed E-state index contributed by atoms with van der Waals surface area (Å²) in [5, 5.41) is 2.72. The normalized spacial score (nSPS) is 15.3. The highest BCUT2D eigenvalue weighted by Crippen LogP contribution is 2.23. The number of morpholine rings is 1. The second kappa shape index (κ2) is 9.99. The van der Waals surface area contributed by atoms with Crippen molar-refractivity contribution in [3.8, 4) is 0 Å². The van der Waals surface area contributed by atoms with E-state index < -0.39 is 32.5 Å². The van der Waals surface area contributed by atoms with E-state index in [1.807, 2.05) is 31.2 Å². The average molecular weight is 482 g/mol. The molecule has 9 nitrogen and oxygen atoms in total. The zero-order valence-electron chi connectivity index (χ0n) is 18.0. The Morgan fingerprint density at radius 2 is 1.72 bits per heavy atom. The van der Waals surface area contributed by atoms with Gasteiger partial charge < -0.3 is 10.1 Å². The average Bonchev–Trinajstić information content (AvgIpc) is 2.76. The molecule has 1 saturated heterocycles. The number of rotatable bonds is 8. The van der Waals surface area contributed by atoms with Crippen LogP contribution in [0.15, 0.2) is 53.4 Å². The van der Waals surface area contributed by atoms with E-state index in [4.69, 9.17) is 4.74 Å². The van der Waals surface area contributed by atoms with E-state index in [1.165, 1.54) is 28.6 Å². The van der Waals surface area contributed by atoms with Gasteiger partial charge in [0.2, 0.25) is 26.0 Å². The summed E-state index contributed by atoms with van der Waals surface area (Å²) < 4.78 is 57.6. The van der Waals surface area contributed by atoms with Crippen molar-refractivity contribution in [1.82, 2.24) is 9.62 Å². The van der Waals surface area contributed by atoms with Crippen molar-refractivity contribution in [3.63, 3.8) is 0 Å². The predicted octanol–water partition coefficient (Wildman–Crippen LogP) is 1.10. The Morgan fingerprint density at radius 3 is 2.31 bits per heavy atom. The standard InChI is InChI=1S/C21H27N3O6S2/c1-17-4-3-5-18(14-17)15-22-21(25)16-24(31(2,26)27)19-6-8-20(9-7-19)32(28,29)23-10-12-30-13-11-23/h3-9,14H,10-13,15-16H2,1-2H3,(H,22,25). The number of aryl methyl sites for hydroxylation is 1. The van der Waals surface area contributed by atoms with Crippen LogP contribution in [0, 0.1) is 6.92 Å². The van der Waals surface area contributed by atoms with Crippen LogP contribution in [0.25, 0.3) is 0 Å². The molecule has 0 bridgehead atoms. The van der Waals surface area contributed by atoms with Gasteiger partial charge >= 0.3 is 0 Å². The molecule has 1 aliphatic heterocycles. The summed E-state index contributed by atoms with van der Waals surface area (Å²) in [5.74, 6) is -0.470. The van der Waals surface area contributed by atoms with Gasteiger partial charge in [0.1, 0.15) is 6.54 Å². The third-order valence-electron chi connectivity index (χ3n) is 4.99. The van der Waals surface area contributed by atoms with Crippen LogP contribution in [0.3, 0.4) is 0 Å². The van der Waals surface area contributed by atoms with Gasteiger partial charge in [-0.05, 0) is 36.8 Å². The molecule has 1 N–H and O–H groups in total. The Morgan fingerprint density at radius 1 is 1.06 bits per heavy atom. The maximum Gasteiger partial charge on any atom is 0.243 e. The van der Waals surface area contributed by atoms with Gasteiger partial charge in [0.15, 0.2) is 0 Å². The maximum absolute atomic E-state index is 12.8. The highest BCUT2D eigenvalue weighted by molar-refractivity contribution is 7.92. The molecule has 0 radical (unpaired) electrons. The first kappa shape index (κ1) is 24.2. The Labute approximate surface area is 189 Å². The predicted molar refractivity (Wildman–Crippen MR) is 121 cm³/mol. The second-order valence-electron chi connectivity index (χ2n) is 7.55. The number of carbonyl (C=O) groups excluding carboxylic acids is 1. The summed E-state index contributed by atoms with van der Waals surface area (Å²) in [6.45, 7) is 2.99. The van der Waals surface area contributed by atoms with Crippen LogP contribution in [-0.2, 0) is 36.1 Å². The molecule has 0 aliphatic carbocycles. The number of benzene rings is 2. The van der Waals surface area contributed by atoms with Crippen LogP contribution in [0.5, 0.6) is 0 Å². The lowest BCUT2D eigenvalue weighted by molar-refractivity contribution is -0.119. The number of ether oxygens (including phenoxy) is 1. The molecule has 0 saturated carbocycles. The largest absolute Gasteiger partial charge is 0.379 e. The molecule has 2 aromatic carbocycles. The fourth-order valence-corrected chi connectivity index (χ4v) is 5.59. The smallest absolute Gasteiger partial charge is 0.243 e. The van der Waals surface area contributed by atoms with Crippen LogP contribution in [0.2, 0.25) is 0 Å². The number of anilines is 1. The van der Waals surface area contributed by atoms with Crippen molar-refractivity contribution in [2.75, 3.05) is 43.4 Å². The van der Waals surface area contributed by atoms with Crippen molar-refractivity contribution in [3.05, 3.63) is 59.7 Å². The highest BCUT2D eigenvalue weighted by Gasteiger charge is 2.27. The van der Waals surface area contributed by atoms with Crippen LogP contribution in [0.4, 0.5) is 5.69 Å². The molecule has 1 heterocycles. The fourth-order valence-electron chi connectivity index (χ4n) is 3.33. The van der Waals surface area contributed by atoms with E-state index >= 15 is 0 Å². The Balaban J connectivity index is 1.72. The minimum atomic E-state index is -3.78. The van der Waals surface area contributed by atoms with Crippen molar-refractivity contribution in [2.24, 2.45) is 0 Å². The monoisotopic (exact) mass is 481 g/mol. The first-order valence-electron chi connectivity index (χ1n) is 10.1. The summed E-state index contributed by atoms with van der Waals surface area (Å²) in [6.07, 6.45) is 0.999. The van der Waals surface area contributed by atoms with Crippen LogP contribution >= 0.6 is 0 Å². The molecule has 2 aromatic rings. The molecule has 0 atom stereocenters. The third-order valence-corrected chi connectivity index (χ3v) is 8.05. The fraction of sp³-hybridized carbons (Fsp3) is 0.381. The first-order chi connectivity index (χ1) is 15.1. The molecule has 0 unspecified atom stereocenters. The molecule has 0 aromatic heterocycles. The maximum atomic E-state index is 12.8. The van der Waals surface area contributed by atoms with E-state index in [1.54, 1.807) is 0 Å². The van der Waals surface area contributed by atoms with E-state index in [0.29, 0.717) is 13.2 Å². The minimum Gasteiger partial charge on any atom is -0.379 e. The molecule has 174 valence electrons. The second-order valence-corrected chi connectivity index (χ2v) is 11.4. The number of sulfonamides is 2. The number of nitrogens with zero attached hydrogens (tertiary/aromatic N) is 2. The van der Waals surface area contributed by atoms with Gasteiger partial charge in [-0.25, -0.2) is 16.8 Å². The summed E-state index contributed by atoms with van der Waals surface area (Å²) in [7, 11) is -7.48. The van der Waals surface area contributed by atoms with Gasteiger partial charge in [-0.2, -0.15) is 4.31 Å². The molecule has 11 heteroatoms. The van der Waals surface area contributed by atoms with E-state index in [0.717, 1.165) is 21.7 Å². The number of hydrogen-bond donors (Lipinski definition) is 1. The molecule has 0 spiro atoms. The van der Waals surface area contributed by atoms with Crippen LogP contribution in [-0.4, -0.2) is 66.2 Å². The van der Waals surface area contributed by atoms with Crippen molar-refractivity contribution >= 4 is 31.6 Å². The summed E-state index contributed by atoms with van der Waals surface area (Å²) in [4.78, 5) is 12.5. The van der Waals surface area contributed by atoms with Gasteiger partial charge in [-0.3, -0.25) is 9.10 Å². The van der Waals surface area contributed by atoms with E-state index in [9.17, 15) is 21.6 Å². The van der Waals surface area contributed by atoms with Crippen molar-refractivity contribution in [1.29, 1.82) is 0 Å². The number of nitrogens with one attached hydrogen (secondary N) is 1. The van der Waals surface area contributed by atoms with Gasteiger partial charge in [0, 0.05) is 19.6 Å². The molecule has 1 aliphatic rings. The quantitative estimate of drug-likeness (QED) is 0.604. The van der Waals surface area contributed by atoms with Gasteiger partial charge in [-0.1, -0.05) is 29.8 Å². The van der Waals surface area contributed by atoms with Gasteiger partial charge in [-0.15, -0.1) is 0 Å². The molecule has 1 amide bonds. The highest BCUT2D eigenvalue weighted by atomic mass is 32.2. The zero-order chi connectivity index (χ0) is 23.4. The van der Waals surface area contributed by atoms with E-state index in [2.05, 4.69) is 5.32 Å². The molecule has 1 fully saturated rings. The minimum absolute atomic E-state index is 0.0560. The van der Waals surface area contributed by atoms with Crippen LogP contribution < -0.4 is 9.62 Å². The van der Waals surface area contributed by atoms with Crippen LogP contribution in [0.1, 0.15) is 11.1 Å². The SMILES string of the molecule is Cc1cccc(CNC(=O)CN(c2ccc(S(=O)(=O)N3CCOCC3)cc2)S(C)(=O)=O)c1. The topological polar surface area (TPSA) is 113 Å². The molecule has 32 heavy (non-hydrogen) atoms. The number of carbonyl (C=O) groups is 1. The Kier molecular flexibility index (Phi) is 7.55. The third kappa shape index (κ3) is 6.06. The molecular weight excluding hydrogens is 454 g/mol. The lowest BCUT2D eigenvalue weighted by Crippen LogP contribution is -2.41. The molecule has 3 rings (SSSR count). The zero-order valence-corrected chi connectivity index (χ0v) is 19.7. The summed E-state index contributed by atoms with van der Waals surface area (Å²) in [6, 6.07) is 13.1. The first-order valence-corrected chi connectivity index (χ1v) is 13.3. The lowest BCUT2D eigenvalue weighted by atomic mass is 10.1. The van der Waals surface area contributed by atoms with Gasteiger partial charge in [0.05, 0.1) is 30.1 Å². The van der Waals surface area contributed by atoms with Gasteiger partial charge in [0.25, 0.3) is 0 Å². The van der Waals surface area contributed by atoms with E-state index in [-0.39, 0.29) is 30.2 Å². The van der Waals surface area contributed by atoms with Crippen molar-refractivity contribution < 1.29 is 26.4 Å². The molecular formula is C21H27N3O6S2. The number of amides is 1. The van der Waals surface area contributed by atoms with Crippen molar-refractivity contribution in [2.45, 2.75) is 18.4 Å². The lowest BCUT2D eigenvalue weighted by Gasteiger charge is -2.26. The Bertz CT molecular complexity index is 1160. The summed E-state index contributed by atoms with van der Waals surface area (Å²) in [5.41, 5.74) is 2.17.